The molecular weight excluding hydrogens is 266 g/mol. The minimum atomic E-state index is -1.15. The van der Waals surface area contributed by atoms with Gasteiger partial charge in [0.1, 0.15) is 12.0 Å². The van der Waals surface area contributed by atoms with Crippen molar-refractivity contribution in [1.29, 1.82) is 0 Å². The first-order valence-electron chi connectivity index (χ1n) is 4.02. The third-order valence-electron chi connectivity index (χ3n) is 1.79. The van der Waals surface area contributed by atoms with E-state index in [1.54, 1.807) is 18.2 Å². The molecule has 0 bridgehead atoms. The van der Waals surface area contributed by atoms with Gasteiger partial charge in [-0.3, -0.25) is 0 Å². The highest BCUT2D eigenvalue weighted by Crippen LogP contribution is 2.23. The fourth-order valence-corrected chi connectivity index (χ4v) is 1.51. The number of hydrogen-bond acceptors (Lipinski definition) is 2. The van der Waals surface area contributed by atoms with Crippen LogP contribution in [0.15, 0.2) is 29.0 Å². The molecule has 0 aliphatic rings. The predicted molar refractivity (Wildman–Crippen MR) is 53.9 cm³/mol. The quantitative estimate of drug-likeness (QED) is 0.744. The van der Waals surface area contributed by atoms with Crippen LogP contribution in [-0.4, -0.2) is 9.97 Å². The summed E-state index contributed by atoms with van der Waals surface area (Å²) in [6, 6.07) is 7.62. The maximum absolute atomic E-state index is 13.3. The molecule has 5 heteroatoms. The van der Waals surface area contributed by atoms with E-state index >= 15 is 0 Å². The number of aromatic nitrogens is 2. The Hall–Kier alpha value is -1.36. The first-order valence-corrected chi connectivity index (χ1v) is 4.81. The summed E-state index contributed by atoms with van der Waals surface area (Å²) in [6.07, 6.45) is 0.984. The van der Waals surface area contributed by atoms with Crippen LogP contribution in [0.5, 0.6) is 0 Å². The van der Waals surface area contributed by atoms with E-state index in [1.165, 1.54) is 0 Å². The largest absolute Gasteiger partial charge is 0.252 e. The van der Waals surface area contributed by atoms with Crippen molar-refractivity contribution >= 4 is 15.9 Å². The molecule has 0 amide bonds. The third-order valence-corrected chi connectivity index (χ3v) is 2.24. The highest BCUT2D eigenvalue weighted by molar-refractivity contribution is 9.10. The van der Waals surface area contributed by atoms with Gasteiger partial charge in [-0.25, -0.2) is 9.97 Å². The topological polar surface area (TPSA) is 25.8 Å². The van der Waals surface area contributed by atoms with Crippen molar-refractivity contribution < 1.29 is 8.78 Å². The summed E-state index contributed by atoms with van der Waals surface area (Å²) in [5, 5.41) is 0. The Kier molecular flexibility index (Phi) is 2.73. The zero-order chi connectivity index (χ0) is 10.8. The van der Waals surface area contributed by atoms with Crippen LogP contribution in [0.4, 0.5) is 8.78 Å². The van der Waals surface area contributed by atoms with Crippen LogP contribution in [0.1, 0.15) is 0 Å². The fourth-order valence-electron chi connectivity index (χ4n) is 1.13. The summed E-state index contributed by atoms with van der Waals surface area (Å²) in [6.45, 7) is 0. The minimum absolute atomic E-state index is 0.0581. The van der Waals surface area contributed by atoms with Crippen LogP contribution < -0.4 is 0 Å². The molecule has 0 fully saturated rings. The molecule has 0 saturated carbocycles. The molecule has 0 aliphatic heterocycles. The van der Waals surface area contributed by atoms with E-state index in [9.17, 15) is 8.78 Å². The predicted octanol–water partition coefficient (Wildman–Crippen LogP) is 2.98. The van der Waals surface area contributed by atoms with Gasteiger partial charge >= 0.3 is 0 Å². The maximum Gasteiger partial charge on any atom is 0.252 e. The van der Waals surface area contributed by atoms with E-state index in [1.807, 2.05) is 0 Å². The Morgan fingerprint density at radius 2 is 2.07 bits per heavy atom. The lowest BCUT2D eigenvalue weighted by Gasteiger charge is -2.02. The van der Waals surface area contributed by atoms with Crippen LogP contribution in [0.25, 0.3) is 11.3 Å². The second-order valence-electron chi connectivity index (χ2n) is 2.75. The standard InChI is InChI=1S/C10H4BrF2N2/c11-7-3-1-2-6(4-7)9-8(12)10(13)15-5-14-9/h1-2,4-5H. The highest BCUT2D eigenvalue weighted by Gasteiger charge is 2.12. The Morgan fingerprint density at radius 3 is 2.80 bits per heavy atom. The molecule has 0 unspecified atom stereocenters. The van der Waals surface area contributed by atoms with E-state index < -0.39 is 11.8 Å². The Bertz CT molecular complexity index is 503. The normalized spacial score (nSPS) is 10.3. The molecule has 1 aromatic carbocycles. The SMILES string of the molecule is Fc1ncnc(-c2cc[c]c(Br)c2)c1F. The Balaban J connectivity index is 2.59. The number of benzene rings is 1. The summed E-state index contributed by atoms with van der Waals surface area (Å²) >= 11 is 3.19. The minimum Gasteiger partial charge on any atom is -0.233 e. The number of halogens is 3. The summed E-state index contributed by atoms with van der Waals surface area (Å²) in [7, 11) is 0. The van der Waals surface area contributed by atoms with Crippen molar-refractivity contribution in [3.63, 3.8) is 0 Å². The highest BCUT2D eigenvalue weighted by atomic mass is 79.9. The van der Waals surface area contributed by atoms with Crippen LogP contribution in [0.2, 0.25) is 0 Å². The van der Waals surface area contributed by atoms with Crippen LogP contribution in [0.3, 0.4) is 0 Å². The smallest absolute Gasteiger partial charge is 0.233 e. The maximum atomic E-state index is 13.3. The number of rotatable bonds is 1. The first-order chi connectivity index (χ1) is 7.18. The molecule has 2 aromatic rings. The van der Waals surface area contributed by atoms with Crippen LogP contribution in [0, 0.1) is 17.8 Å². The average Bonchev–Trinajstić information content (AvgIpc) is 2.22. The van der Waals surface area contributed by atoms with Gasteiger partial charge in [0.05, 0.1) is 0 Å². The van der Waals surface area contributed by atoms with E-state index in [2.05, 4.69) is 32.0 Å². The summed E-state index contributed by atoms with van der Waals surface area (Å²) in [4.78, 5) is 6.80. The summed E-state index contributed by atoms with van der Waals surface area (Å²) < 4.78 is 26.8. The van der Waals surface area contributed by atoms with Crippen molar-refractivity contribution in [2.75, 3.05) is 0 Å². The van der Waals surface area contributed by atoms with E-state index in [4.69, 9.17) is 0 Å². The second-order valence-corrected chi connectivity index (χ2v) is 3.61. The molecule has 75 valence electrons. The monoisotopic (exact) mass is 269 g/mol. The third kappa shape index (κ3) is 2.02. The van der Waals surface area contributed by atoms with Gasteiger partial charge in [0.15, 0.2) is 0 Å². The van der Waals surface area contributed by atoms with E-state index in [0.717, 1.165) is 6.33 Å². The molecule has 15 heavy (non-hydrogen) atoms. The van der Waals surface area contributed by atoms with Gasteiger partial charge in [0.25, 0.3) is 5.95 Å². The average molecular weight is 270 g/mol. The van der Waals surface area contributed by atoms with Crippen molar-refractivity contribution in [1.82, 2.24) is 9.97 Å². The summed E-state index contributed by atoms with van der Waals surface area (Å²) in [5.41, 5.74) is 0.414. The lowest BCUT2D eigenvalue weighted by Crippen LogP contribution is -1.96. The molecule has 0 N–H and O–H groups in total. The molecule has 2 rings (SSSR count). The molecule has 1 heterocycles. The fraction of sp³-hybridized carbons (Fsp3) is 0. The Morgan fingerprint density at radius 1 is 1.27 bits per heavy atom. The summed E-state index contributed by atoms with van der Waals surface area (Å²) in [5.74, 6) is -2.19. The molecule has 0 atom stereocenters. The zero-order valence-electron chi connectivity index (χ0n) is 7.34. The Labute approximate surface area is 93.1 Å². The lowest BCUT2D eigenvalue weighted by molar-refractivity contribution is 0.476. The van der Waals surface area contributed by atoms with Crippen LogP contribution >= 0.6 is 15.9 Å². The zero-order valence-corrected chi connectivity index (χ0v) is 8.92. The van der Waals surface area contributed by atoms with Crippen molar-refractivity contribution in [3.8, 4) is 11.3 Å². The molecule has 2 nitrogen and oxygen atoms in total. The van der Waals surface area contributed by atoms with Crippen molar-refractivity contribution in [3.05, 3.63) is 46.8 Å². The molecule has 1 radical (unpaired) electrons. The van der Waals surface area contributed by atoms with Crippen molar-refractivity contribution in [2.24, 2.45) is 0 Å². The van der Waals surface area contributed by atoms with Gasteiger partial charge in [0, 0.05) is 10.0 Å². The second kappa shape index (κ2) is 4.02. The molecule has 0 aliphatic carbocycles. The first kappa shape index (κ1) is 10.2. The van der Waals surface area contributed by atoms with Crippen molar-refractivity contribution in [2.45, 2.75) is 0 Å². The van der Waals surface area contributed by atoms with Gasteiger partial charge in [-0.2, -0.15) is 8.78 Å². The molecule has 0 saturated heterocycles. The number of hydrogen-bond donors (Lipinski definition) is 0. The van der Waals surface area contributed by atoms with Gasteiger partial charge < -0.3 is 0 Å². The van der Waals surface area contributed by atoms with Crippen LogP contribution in [-0.2, 0) is 0 Å². The molecular formula is C10H4BrF2N2. The van der Waals surface area contributed by atoms with E-state index in [0.29, 0.717) is 10.0 Å². The lowest BCUT2D eigenvalue weighted by atomic mass is 10.1. The number of nitrogens with zero attached hydrogens (tertiary/aromatic N) is 2. The van der Waals surface area contributed by atoms with Gasteiger partial charge in [-0.05, 0) is 12.1 Å². The van der Waals surface area contributed by atoms with Gasteiger partial charge in [-0.1, -0.05) is 28.1 Å². The van der Waals surface area contributed by atoms with E-state index in [-0.39, 0.29) is 5.69 Å². The molecule has 1 aromatic heterocycles. The van der Waals surface area contributed by atoms with Gasteiger partial charge in [0.2, 0.25) is 5.82 Å². The molecule has 0 spiro atoms. The van der Waals surface area contributed by atoms with Gasteiger partial charge in [-0.15, -0.1) is 0 Å².